The van der Waals surface area contributed by atoms with Crippen LogP contribution in [0.4, 0.5) is 0 Å². The van der Waals surface area contributed by atoms with Gasteiger partial charge in [-0.3, -0.25) is 14.5 Å². The molecule has 0 aliphatic carbocycles. The molecular formula is C26H16BrNO5S3. The third-order valence-electron chi connectivity index (χ3n) is 5.33. The second kappa shape index (κ2) is 10.5. The summed E-state index contributed by atoms with van der Waals surface area (Å²) in [6.07, 6.45) is 1.73. The summed E-state index contributed by atoms with van der Waals surface area (Å²) in [6.45, 7) is 0.102. The van der Waals surface area contributed by atoms with Crippen molar-refractivity contribution in [3.63, 3.8) is 0 Å². The van der Waals surface area contributed by atoms with Crippen molar-refractivity contribution >= 4 is 83.8 Å². The van der Waals surface area contributed by atoms with Crippen molar-refractivity contribution in [3.05, 3.63) is 91.4 Å². The van der Waals surface area contributed by atoms with Crippen LogP contribution in [0.25, 0.3) is 27.5 Å². The van der Waals surface area contributed by atoms with Crippen molar-refractivity contribution in [3.8, 4) is 16.9 Å². The fraction of sp³-hybridized carbons (Fsp3) is 0.0769. The lowest BCUT2D eigenvalue weighted by Crippen LogP contribution is -2.31. The van der Waals surface area contributed by atoms with Crippen molar-refractivity contribution in [1.82, 2.24) is 4.90 Å². The smallest absolute Gasteiger partial charge is 0.396 e. The number of halogens is 1. The molecule has 3 aromatic carbocycles. The van der Waals surface area contributed by atoms with Gasteiger partial charge in [-0.25, -0.2) is 4.79 Å². The third kappa shape index (κ3) is 5.22. The van der Waals surface area contributed by atoms with Gasteiger partial charge in [0.15, 0.2) is 0 Å². The second-order valence-corrected chi connectivity index (χ2v) is 11.2. The van der Waals surface area contributed by atoms with Gasteiger partial charge in [0, 0.05) is 16.6 Å². The number of thioether (sulfide) groups is 1. The van der Waals surface area contributed by atoms with Crippen LogP contribution in [0.1, 0.15) is 12.0 Å². The van der Waals surface area contributed by atoms with Crippen LogP contribution < -0.4 is 9.68 Å². The van der Waals surface area contributed by atoms with Crippen molar-refractivity contribution in [2.24, 2.45) is 0 Å². The molecule has 36 heavy (non-hydrogen) atoms. The first-order chi connectivity index (χ1) is 17.4. The zero-order valence-corrected chi connectivity index (χ0v) is 22.5. The first-order valence-electron chi connectivity index (χ1n) is 10.7. The van der Waals surface area contributed by atoms with E-state index in [4.69, 9.17) is 21.4 Å². The lowest BCUT2D eigenvalue weighted by molar-refractivity contribution is -0.134. The highest BCUT2D eigenvalue weighted by Gasteiger charge is 2.32. The average Bonchev–Trinajstić information content (AvgIpc) is 3.37. The van der Waals surface area contributed by atoms with E-state index >= 15 is 0 Å². The minimum atomic E-state index is -0.523. The highest BCUT2D eigenvalue weighted by molar-refractivity contribution is 9.10. The van der Waals surface area contributed by atoms with E-state index in [9.17, 15) is 14.4 Å². The molecule has 0 N–H and O–H groups in total. The summed E-state index contributed by atoms with van der Waals surface area (Å²) >= 11 is 11.0. The van der Waals surface area contributed by atoms with Gasteiger partial charge in [-0.1, -0.05) is 93.7 Å². The summed E-state index contributed by atoms with van der Waals surface area (Å²) in [4.78, 5) is 39.1. The Bertz CT molecular complexity index is 1570. The van der Waals surface area contributed by atoms with Crippen LogP contribution in [0, 0.1) is 0 Å². The summed E-state index contributed by atoms with van der Waals surface area (Å²) in [7, 11) is 0. The van der Waals surface area contributed by atoms with Gasteiger partial charge in [-0.05, 0) is 41.5 Å². The number of ether oxygens (including phenoxy) is 1. The molecule has 1 amide bonds. The summed E-state index contributed by atoms with van der Waals surface area (Å²) in [5, 5.41) is 0. The number of benzene rings is 3. The highest BCUT2D eigenvalue weighted by Crippen LogP contribution is 2.39. The maximum Gasteiger partial charge on any atom is 0.396 e. The van der Waals surface area contributed by atoms with Crippen LogP contribution in [0.3, 0.4) is 0 Å². The van der Waals surface area contributed by atoms with Gasteiger partial charge < -0.3 is 9.15 Å². The average molecular weight is 599 g/mol. The zero-order valence-electron chi connectivity index (χ0n) is 18.4. The van der Waals surface area contributed by atoms with E-state index in [1.807, 2.05) is 54.6 Å². The molecule has 4 aromatic rings. The summed E-state index contributed by atoms with van der Waals surface area (Å²) in [6, 6.07) is 20.2. The lowest BCUT2D eigenvalue weighted by Gasteiger charge is -2.15. The molecular weight excluding hydrogens is 582 g/mol. The number of hydrogen-bond donors (Lipinski definition) is 0. The molecule has 2 heterocycles. The van der Waals surface area contributed by atoms with Crippen LogP contribution >= 0.6 is 51.2 Å². The molecule has 0 atom stereocenters. The fourth-order valence-corrected chi connectivity index (χ4v) is 6.07. The highest BCUT2D eigenvalue weighted by atomic mass is 79.9. The molecule has 0 spiro atoms. The number of hydrogen-bond acceptors (Lipinski definition) is 8. The number of nitrogens with zero attached hydrogens (tertiary/aromatic N) is 1. The van der Waals surface area contributed by atoms with E-state index in [0.717, 1.165) is 26.9 Å². The van der Waals surface area contributed by atoms with Crippen molar-refractivity contribution < 1.29 is 18.7 Å². The molecule has 1 fully saturated rings. The number of carbonyl (C=O) groups is 2. The molecule has 0 bridgehead atoms. The van der Waals surface area contributed by atoms with Crippen LogP contribution in [0.2, 0.25) is 0 Å². The molecule has 10 heteroatoms. The Kier molecular flexibility index (Phi) is 7.20. The van der Waals surface area contributed by atoms with E-state index in [-0.39, 0.29) is 18.9 Å². The Balaban J connectivity index is 1.34. The number of rotatable bonds is 6. The monoisotopic (exact) mass is 597 g/mol. The van der Waals surface area contributed by atoms with Gasteiger partial charge in [-0.15, -0.1) is 0 Å². The van der Waals surface area contributed by atoms with Gasteiger partial charge >= 0.3 is 10.9 Å². The number of thiocarbonyl (C=S) groups is 1. The Morgan fingerprint density at radius 1 is 1.06 bits per heavy atom. The minimum Gasteiger partial charge on any atom is -0.426 e. The standard InChI is InChI=1S/C26H16BrNO5S3/c27-17-8-6-16(7-9-17)22-18(10-11-19-23(22)36-26(31)33-19)32-21(29)12-13-28-24(30)20(35-25(28)34)14-15-4-2-1-3-5-15/h1-11,14H,12-13H2. The molecule has 0 radical (unpaired) electrons. The summed E-state index contributed by atoms with van der Waals surface area (Å²) in [5.74, 6) is -0.451. The number of esters is 1. The Hall–Kier alpha value is -3.05. The van der Waals surface area contributed by atoms with E-state index in [1.54, 1.807) is 18.2 Å². The Morgan fingerprint density at radius 3 is 2.56 bits per heavy atom. The summed E-state index contributed by atoms with van der Waals surface area (Å²) < 4.78 is 12.8. The van der Waals surface area contributed by atoms with Gasteiger partial charge in [0.1, 0.15) is 15.7 Å². The van der Waals surface area contributed by atoms with Gasteiger partial charge in [0.2, 0.25) is 0 Å². The second-order valence-electron chi connectivity index (χ2n) is 7.70. The molecule has 0 unspecified atom stereocenters. The zero-order chi connectivity index (χ0) is 25.2. The molecule has 1 aromatic heterocycles. The predicted molar refractivity (Wildman–Crippen MR) is 150 cm³/mol. The van der Waals surface area contributed by atoms with Crippen LogP contribution in [0.5, 0.6) is 5.75 Å². The van der Waals surface area contributed by atoms with Crippen LogP contribution in [-0.4, -0.2) is 27.6 Å². The molecule has 0 saturated carbocycles. The summed E-state index contributed by atoms with van der Waals surface area (Å²) in [5.41, 5.74) is 2.69. The van der Waals surface area contributed by atoms with Crippen LogP contribution in [0.15, 0.2) is 85.3 Å². The van der Waals surface area contributed by atoms with Crippen molar-refractivity contribution in [2.75, 3.05) is 6.54 Å². The molecule has 1 aliphatic heterocycles. The molecule has 180 valence electrons. The Labute approximate surface area is 227 Å². The molecule has 5 rings (SSSR count). The van der Waals surface area contributed by atoms with Crippen molar-refractivity contribution in [1.29, 1.82) is 0 Å². The van der Waals surface area contributed by atoms with Gasteiger partial charge in [0.05, 0.1) is 16.0 Å². The van der Waals surface area contributed by atoms with Gasteiger partial charge in [-0.2, -0.15) is 0 Å². The maximum atomic E-state index is 12.9. The van der Waals surface area contributed by atoms with E-state index in [1.165, 1.54) is 16.7 Å². The fourth-order valence-electron chi connectivity index (χ4n) is 3.67. The first-order valence-corrected chi connectivity index (χ1v) is 13.6. The maximum absolute atomic E-state index is 12.9. The van der Waals surface area contributed by atoms with E-state index < -0.39 is 10.9 Å². The molecule has 6 nitrogen and oxygen atoms in total. The topological polar surface area (TPSA) is 76.8 Å². The lowest BCUT2D eigenvalue weighted by atomic mass is 10.0. The third-order valence-corrected chi connectivity index (χ3v) is 8.10. The van der Waals surface area contributed by atoms with Crippen molar-refractivity contribution in [2.45, 2.75) is 6.42 Å². The van der Waals surface area contributed by atoms with Gasteiger partial charge in [0.25, 0.3) is 5.91 Å². The first kappa shape index (κ1) is 24.6. The SMILES string of the molecule is O=C(CCN1C(=O)C(=Cc2ccccc2)SC1=S)Oc1ccc2oc(=O)sc2c1-c1ccc(Br)cc1. The number of carbonyl (C=O) groups excluding carboxylic acids is 2. The quantitative estimate of drug-likeness (QED) is 0.109. The predicted octanol–water partition coefficient (Wildman–Crippen LogP) is 6.48. The number of amides is 1. The molecule has 1 saturated heterocycles. The van der Waals surface area contributed by atoms with E-state index in [2.05, 4.69) is 15.9 Å². The normalized spacial score (nSPS) is 14.7. The van der Waals surface area contributed by atoms with E-state index in [0.29, 0.717) is 30.8 Å². The largest absolute Gasteiger partial charge is 0.426 e. The molecule has 1 aliphatic rings. The number of fused-ring (bicyclic) bond motifs is 1. The minimum absolute atomic E-state index is 0.0511. The Morgan fingerprint density at radius 2 is 1.81 bits per heavy atom. The van der Waals surface area contributed by atoms with Crippen LogP contribution in [-0.2, 0) is 9.59 Å².